The van der Waals surface area contributed by atoms with Crippen LogP contribution in [0.1, 0.15) is 47.1 Å². The second kappa shape index (κ2) is 7.23. The number of ether oxygens (including phenoxy) is 1. The predicted molar refractivity (Wildman–Crippen MR) is 127 cm³/mol. The summed E-state index contributed by atoms with van der Waals surface area (Å²) >= 11 is 1.60. The Labute approximate surface area is 198 Å². The maximum absolute atomic E-state index is 14.8. The van der Waals surface area contributed by atoms with Crippen molar-refractivity contribution in [3.63, 3.8) is 0 Å². The Morgan fingerprint density at radius 2 is 2.18 bits per heavy atom. The summed E-state index contributed by atoms with van der Waals surface area (Å²) in [5.41, 5.74) is 2.49. The van der Waals surface area contributed by atoms with E-state index in [0.717, 1.165) is 21.4 Å². The Morgan fingerprint density at radius 1 is 1.38 bits per heavy atom. The lowest BCUT2D eigenvalue weighted by Crippen LogP contribution is -2.44. The van der Waals surface area contributed by atoms with Gasteiger partial charge in [-0.1, -0.05) is 6.92 Å². The van der Waals surface area contributed by atoms with Crippen LogP contribution in [0.15, 0.2) is 26.8 Å². The van der Waals surface area contributed by atoms with Gasteiger partial charge >= 0.3 is 5.97 Å². The van der Waals surface area contributed by atoms with Crippen molar-refractivity contribution >= 4 is 34.8 Å². The molecule has 1 unspecified atom stereocenters. The topological polar surface area (TPSA) is 93.8 Å². The molecule has 34 heavy (non-hydrogen) atoms. The van der Waals surface area contributed by atoms with Gasteiger partial charge in [-0.25, -0.2) is 14.2 Å². The van der Waals surface area contributed by atoms with Crippen molar-refractivity contribution in [3.8, 4) is 11.4 Å². The van der Waals surface area contributed by atoms with Crippen LogP contribution < -0.4 is 5.56 Å². The van der Waals surface area contributed by atoms with Gasteiger partial charge in [-0.05, 0) is 30.5 Å². The third-order valence-electron chi connectivity index (χ3n) is 7.27. The van der Waals surface area contributed by atoms with Gasteiger partial charge in [0.15, 0.2) is 5.60 Å². The molecule has 0 saturated carbocycles. The number of halogens is 1. The van der Waals surface area contributed by atoms with Crippen LogP contribution >= 0.6 is 11.8 Å². The normalized spacial score (nSPS) is 22.6. The van der Waals surface area contributed by atoms with Crippen molar-refractivity contribution in [2.24, 2.45) is 4.99 Å². The molecule has 0 aliphatic carbocycles. The molecule has 3 aliphatic heterocycles. The lowest BCUT2D eigenvalue weighted by molar-refractivity contribution is -0.172. The Kier molecular flexibility index (Phi) is 4.57. The number of aromatic nitrogens is 2. The summed E-state index contributed by atoms with van der Waals surface area (Å²) in [5.74, 6) is -0.381. The quantitative estimate of drug-likeness (QED) is 0.350. The number of rotatable bonds is 2. The number of thioether (sulfide) groups is 1. The predicted octanol–water partition coefficient (Wildman–Crippen LogP) is 3.42. The first kappa shape index (κ1) is 21.5. The third kappa shape index (κ3) is 2.62. The van der Waals surface area contributed by atoms with Crippen molar-refractivity contribution in [2.75, 3.05) is 12.8 Å². The molecule has 0 radical (unpaired) electrons. The lowest BCUT2D eigenvalue weighted by Gasteiger charge is -2.31. The molecule has 1 aromatic carbocycles. The molecule has 0 bridgehead atoms. The first-order valence-electron chi connectivity index (χ1n) is 11.2. The Hall–Kier alpha value is -3.04. The number of pyridine rings is 2. The van der Waals surface area contributed by atoms with Gasteiger partial charge < -0.3 is 19.4 Å². The maximum atomic E-state index is 14.8. The standard InChI is InChI=1S/C25H22FN3O4S/c1-4-25(32)15-5-18-21-13(8-29(18)23(30)14(15)9-33-24(25)31)19-12(7-27-3)10-34-22-11(2)16(26)6-17(28-21)20(19)22/h5-7,12,32H,4,8-10H2,1-3H3/t12?,25-/m0/s1. The number of esters is 1. The molecular weight excluding hydrogens is 457 g/mol. The molecule has 174 valence electrons. The molecule has 0 amide bonds. The summed E-state index contributed by atoms with van der Waals surface area (Å²) in [7, 11) is 1.73. The fraction of sp³-hybridized carbons (Fsp3) is 0.360. The van der Waals surface area contributed by atoms with Crippen LogP contribution in [0, 0.1) is 12.7 Å². The summed E-state index contributed by atoms with van der Waals surface area (Å²) in [4.78, 5) is 35.9. The van der Waals surface area contributed by atoms with Crippen LogP contribution in [0.4, 0.5) is 4.39 Å². The molecule has 2 aromatic heterocycles. The highest BCUT2D eigenvalue weighted by Crippen LogP contribution is 2.48. The maximum Gasteiger partial charge on any atom is 0.343 e. The van der Waals surface area contributed by atoms with Crippen LogP contribution in [0.2, 0.25) is 0 Å². The van der Waals surface area contributed by atoms with E-state index in [2.05, 4.69) is 4.99 Å². The monoisotopic (exact) mass is 479 g/mol. The Bertz CT molecular complexity index is 1530. The molecule has 3 aliphatic rings. The van der Waals surface area contributed by atoms with E-state index in [1.54, 1.807) is 43.3 Å². The molecule has 0 spiro atoms. The number of hydrogen-bond donors (Lipinski definition) is 1. The highest BCUT2D eigenvalue weighted by Gasteiger charge is 2.45. The van der Waals surface area contributed by atoms with Gasteiger partial charge in [0.05, 0.1) is 29.0 Å². The number of cyclic esters (lactones) is 1. The average molecular weight is 480 g/mol. The first-order chi connectivity index (χ1) is 16.3. The number of aliphatic imine (C=N–C) groups is 1. The summed E-state index contributed by atoms with van der Waals surface area (Å²) in [6, 6.07) is 3.13. The van der Waals surface area contributed by atoms with E-state index in [-0.39, 0.29) is 41.4 Å². The second-order valence-electron chi connectivity index (χ2n) is 8.99. The summed E-state index contributed by atoms with van der Waals surface area (Å²) in [5, 5.41) is 12.0. The first-order valence-corrected chi connectivity index (χ1v) is 12.2. The van der Waals surface area contributed by atoms with E-state index >= 15 is 0 Å². The van der Waals surface area contributed by atoms with Gasteiger partial charge in [0.1, 0.15) is 12.4 Å². The molecule has 0 fully saturated rings. The summed E-state index contributed by atoms with van der Waals surface area (Å²) in [6.07, 6.45) is 1.97. The van der Waals surface area contributed by atoms with E-state index in [1.807, 2.05) is 6.21 Å². The smallest absolute Gasteiger partial charge is 0.343 e. The number of fused-ring (bicyclic) bond motifs is 5. The highest BCUT2D eigenvalue weighted by atomic mass is 32.2. The minimum atomic E-state index is -1.89. The molecule has 3 aromatic rings. The van der Waals surface area contributed by atoms with Crippen molar-refractivity contribution in [3.05, 3.63) is 56.1 Å². The fourth-order valence-corrected chi connectivity index (χ4v) is 6.73. The summed E-state index contributed by atoms with van der Waals surface area (Å²) in [6.45, 7) is 3.58. The van der Waals surface area contributed by atoms with E-state index in [4.69, 9.17) is 9.72 Å². The largest absolute Gasteiger partial charge is 0.458 e. The number of carbonyl (C=O) groups is 1. The molecule has 7 nitrogen and oxygen atoms in total. The van der Waals surface area contributed by atoms with E-state index in [1.165, 1.54) is 6.07 Å². The number of benzene rings is 1. The van der Waals surface area contributed by atoms with Gasteiger partial charge in [0.25, 0.3) is 5.56 Å². The molecule has 1 N–H and O–H groups in total. The van der Waals surface area contributed by atoms with Crippen LogP contribution in [0.3, 0.4) is 0 Å². The Morgan fingerprint density at radius 3 is 2.91 bits per heavy atom. The highest BCUT2D eigenvalue weighted by molar-refractivity contribution is 7.99. The van der Waals surface area contributed by atoms with Crippen molar-refractivity contribution in [1.29, 1.82) is 0 Å². The van der Waals surface area contributed by atoms with E-state index in [0.29, 0.717) is 34.8 Å². The van der Waals surface area contributed by atoms with Gasteiger partial charge in [0, 0.05) is 52.4 Å². The van der Waals surface area contributed by atoms with Gasteiger partial charge in [0.2, 0.25) is 0 Å². The van der Waals surface area contributed by atoms with Gasteiger partial charge in [-0.15, -0.1) is 11.8 Å². The number of carbonyl (C=O) groups excluding carboxylic acids is 1. The van der Waals surface area contributed by atoms with E-state index in [9.17, 15) is 19.1 Å². The zero-order valence-electron chi connectivity index (χ0n) is 18.9. The molecule has 0 saturated heterocycles. The lowest BCUT2D eigenvalue weighted by atomic mass is 9.85. The average Bonchev–Trinajstić information content (AvgIpc) is 3.19. The number of aliphatic hydroxyl groups is 1. The Balaban J connectivity index is 1.70. The van der Waals surface area contributed by atoms with Crippen molar-refractivity contribution < 1.29 is 19.0 Å². The zero-order valence-corrected chi connectivity index (χ0v) is 19.8. The van der Waals surface area contributed by atoms with Gasteiger partial charge in [-0.2, -0.15) is 0 Å². The molecule has 5 heterocycles. The van der Waals surface area contributed by atoms with Gasteiger partial charge in [-0.3, -0.25) is 4.79 Å². The van der Waals surface area contributed by atoms with Crippen LogP contribution in [-0.4, -0.2) is 39.6 Å². The zero-order chi connectivity index (χ0) is 23.9. The fourth-order valence-electron chi connectivity index (χ4n) is 5.45. The minimum absolute atomic E-state index is 0.0104. The van der Waals surface area contributed by atoms with Crippen LogP contribution in [-0.2, 0) is 28.3 Å². The molecule has 2 atom stereocenters. The molecule has 6 rings (SSSR count). The molecule has 9 heteroatoms. The van der Waals surface area contributed by atoms with Crippen LogP contribution in [0.5, 0.6) is 0 Å². The van der Waals surface area contributed by atoms with E-state index < -0.39 is 11.6 Å². The third-order valence-corrected chi connectivity index (χ3v) is 8.59. The van der Waals surface area contributed by atoms with Crippen molar-refractivity contribution in [2.45, 2.75) is 49.8 Å². The summed E-state index contributed by atoms with van der Waals surface area (Å²) < 4.78 is 21.6. The molecular formula is C25H22FN3O4S. The second-order valence-corrected chi connectivity index (χ2v) is 10.0. The number of hydrogen-bond acceptors (Lipinski definition) is 7. The van der Waals surface area contributed by atoms with Crippen LogP contribution in [0.25, 0.3) is 22.3 Å². The number of nitrogens with zero attached hydrogens (tertiary/aromatic N) is 3. The van der Waals surface area contributed by atoms with Crippen molar-refractivity contribution in [1.82, 2.24) is 9.55 Å². The minimum Gasteiger partial charge on any atom is -0.458 e. The SMILES string of the molecule is CC[C@@]1(O)C(=O)OCc2c1cc1n(c2=O)Cc2c-1nc1cc(F)c(C)c3c1c2C(C=NC)CS3.